The molecule has 25 heavy (non-hydrogen) atoms. The van der Waals surface area contributed by atoms with Crippen LogP contribution in [0.4, 0.5) is 0 Å². The van der Waals surface area contributed by atoms with E-state index in [0.717, 1.165) is 4.88 Å². The third-order valence-corrected chi connectivity index (χ3v) is 4.42. The van der Waals surface area contributed by atoms with Crippen molar-refractivity contribution in [3.8, 4) is 22.3 Å². The second-order valence-electron chi connectivity index (χ2n) is 5.42. The molecule has 0 bridgehead atoms. The van der Waals surface area contributed by atoms with Gasteiger partial charge in [0.15, 0.2) is 18.1 Å². The van der Waals surface area contributed by atoms with E-state index < -0.39 is 5.91 Å². The molecule has 6 nitrogen and oxygen atoms in total. The Balaban J connectivity index is 1.72. The molecule has 0 unspecified atom stereocenters. The first-order valence-corrected chi connectivity index (χ1v) is 8.50. The van der Waals surface area contributed by atoms with E-state index in [1.54, 1.807) is 29.5 Å². The molecule has 2 N–H and O–H groups in total. The van der Waals surface area contributed by atoms with Gasteiger partial charge < -0.3 is 19.6 Å². The summed E-state index contributed by atoms with van der Waals surface area (Å²) in [6.45, 7) is 3.92. The number of hydrogen-bond acceptors (Lipinski definition) is 6. The summed E-state index contributed by atoms with van der Waals surface area (Å²) in [5, 5.41) is 0. The fourth-order valence-corrected chi connectivity index (χ4v) is 2.99. The number of nitrogens with two attached hydrogens (primary N) is 1. The Hall–Kier alpha value is -2.80. The minimum absolute atomic E-state index is 0.203. The Morgan fingerprint density at radius 1 is 1.16 bits per heavy atom. The highest BCUT2D eigenvalue weighted by molar-refractivity contribution is 7.15. The van der Waals surface area contributed by atoms with Gasteiger partial charge in [-0.25, -0.2) is 4.98 Å². The molecule has 3 aromatic rings. The molecule has 1 amide bonds. The van der Waals surface area contributed by atoms with Crippen LogP contribution in [0.1, 0.15) is 16.3 Å². The predicted molar refractivity (Wildman–Crippen MR) is 94.8 cm³/mol. The van der Waals surface area contributed by atoms with E-state index in [1.807, 2.05) is 32.0 Å². The lowest BCUT2D eigenvalue weighted by atomic mass is 10.3. The Kier molecular flexibility index (Phi) is 5.04. The molecule has 0 radical (unpaired) electrons. The van der Waals surface area contributed by atoms with Crippen molar-refractivity contribution in [2.24, 2.45) is 5.73 Å². The normalized spacial score (nSPS) is 10.6. The molecule has 1 aromatic carbocycles. The number of nitrogens with zero attached hydrogens (tertiary/aromatic N) is 1. The van der Waals surface area contributed by atoms with E-state index in [4.69, 9.17) is 19.6 Å². The van der Waals surface area contributed by atoms with Crippen molar-refractivity contribution in [3.05, 3.63) is 52.7 Å². The molecule has 7 heteroatoms. The van der Waals surface area contributed by atoms with Crippen LogP contribution < -0.4 is 15.2 Å². The molecule has 0 atom stereocenters. The van der Waals surface area contributed by atoms with E-state index in [-0.39, 0.29) is 13.2 Å². The lowest BCUT2D eigenvalue weighted by molar-refractivity contribution is -0.119. The molecule has 0 aliphatic carbocycles. The molecule has 0 aliphatic heterocycles. The summed E-state index contributed by atoms with van der Waals surface area (Å²) in [4.78, 5) is 17.6. The van der Waals surface area contributed by atoms with Crippen LogP contribution in [0.15, 0.2) is 40.8 Å². The van der Waals surface area contributed by atoms with Gasteiger partial charge in [-0.3, -0.25) is 4.79 Å². The fraction of sp³-hybridized carbons (Fsp3) is 0.222. The number of hydrogen-bond donors (Lipinski definition) is 1. The Morgan fingerprint density at radius 2 is 1.88 bits per heavy atom. The van der Waals surface area contributed by atoms with Gasteiger partial charge in [-0.1, -0.05) is 12.1 Å². The molecular formula is C18H18N2O4S. The number of aryl methyl sites for hydroxylation is 2. The highest BCUT2D eigenvalue weighted by Crippen LogP contribution is 2.30. The molecular weight excluding hydrogens is 340 g/mol. The maximum absolute atomic E-state index is 10.9. The minimum atomic E-state index is -0.543. The summed E-state index contributed by atoms with van der Waals surface area (Å²) in [6.07, 6.45) is 0. The number of primary amides is 1. The summed E-state index contributed by atoms with van der Waals surface area (Å²) in [5.74, 6) is 1.72. The standard InChI is InChI=1S/C18H18N2O4S/c1-11-7-8-16(25-11)18-20-13(12(2)24-18)9-22-14-5-3-4-6-15(14)23-10-17(19)21/h3-8H,9-10H2,1-2H3,(H2,19,21). The number of ether oxygens (including phenoxy) is 2. The van der Waals surface area contributed by atoms with Crippen molar-refractivity contribution in [1.29, 1.82) is 0 Å². The maximum atomic E-state index is 10.9. The molecule has 2 heterocycles. The third-order valence-electron chi connectivity index (χ3n) is 3.43. The highest BCUT2D eigenvalue weighted by Gasteiger charge is 2.14. The summed E-state index contributed by atoms with van der Waals surface area (Å²) in [5.41, 5.74) is 5.82. The third kappa shape index (κ3) is 4.19. The van der Waals surface area contributed by atoms with E-state index in [1.165, 1.54) is 4.88 Å². The Morgan fingerprint density at radius 3 is 2.52 bits per heavy atom. The molecule has 0 fully saturated rings. The summed E-state index contributed by atoms with van der Waals surface area (Å²) in [7, 11) is 0. The molecule has 3 rings (SSSR count). The minimum Gasteiger partial charge on any atom is -0.483 e. The molecule has 0 saturated carbocycles. The van der Waals surface area contributed by atoms with Gasteiger partial charge in [-0.15, -0.1) is 11.3 Å². The average Bonchev–Trinajstić information content (AvgIpc) is 3.17. The number of thiophene rings is 1. The van der Waals surface area contributed by atoms with E-state index >= 15 is 0 Å². The topological polar surface area (TPSA) is 87.6 Å². The van der Waals surface area contributed by atoms with E-state index in [9.17, 15) is 4.79 Å². The number of amides is 1. The maximum Gasteiger partial charge on any atom is 0.255 e. The van der Waals surface area contributed by atoms with E-state index in [0.29, 0.717) is 28.8 Å². The second-order valence-corrected chi connectivity index (χ2v) is 6.71. The number of aromatic nitrogens is 1. The van der Waals surface area contributed by atoms with E-state index in [2.05, 4.69) is 4.98 Å². The zero-order valence-electron chi connectivity index (χ0n) is 13.9. The SMILES string of the molecule is Cc1ccc(-c2nc(COc3ccccc3OCC(N)=O)c(C)o2)s1. The molecule has 0 aliphatic rings. The number of carbonyl (C=O) groups is 1. The van der Waals surface area contributed by atoms with Crippen LogP contribution >= 0.6 is 11.3 Å². The number of benzene rings is 1. The van der Waals surface area contributed by atoms with Crippen molar-refractivity contribution in [2.75, 3.05) is 6.61 Å². The Bertz CT molecular complexity index is 885. The smallest absolute Gasteiger partial charge is 0.255 e. The van der Waals surface area contributed by atoms with Crippen molar-refractivity contribution in [2.45, 2.75) is 20.5 Å². The van der Waals surface area contributed by atoms with Gasteiger partial charge in [0.05, 0.1) is 4.88 Å². The van der Waals surface area contributed by atoms with Crippen molar-refractivity contribution >= 4 is 17.2 Å². The van der Waals surface area contributed by atoms with Gasteiger partial charge in [0.2, 0.25) is 5.89 Å². The molecule has 130 valence electrons. The van der Waals surface area contributed by atoms with Crippen molar-refractivity contribution in [3.63, 3.8) is 0 Å². The number of oxazole rings is 1. The van der Waals surface area contributed by atoms with Crippen LogP contribution in [0.2, 0.25) is 0 Å². The summed E-state index contributed by atoms with van der Waals surface area (Å²) >= 11 is 1.63. The zero-order valence-corrected chi connectivity index (χ0v) is 14.8. The zero-order chi connectivity index (χ0) is 17.8. The van der Waals surface area contributed by atoms with Gasteiger partial charge >= 0.3 is 0 Å². The predicted octanol–water partition coefficient (Wildman–Crippen LogP) is 3.46. The average molecular weight is 358 g/mol. The molecule has 2 aromatic heterocycles. The molecule has 0 spiro atoms. The van der Waals surface area contributed by atoms with Gasteiger partial charge in [0.25, 0.3) is 5.91 Å². The largest absolute Gasteiger partial charge is 0.483 e. The van der Waals surface area contributed by atoms with Crippen LogP contribution in [0.25, 0.3) is 10.8 Å². The van der Waals surface area contributed by atoms with Crippen LogP contribution in [0.3, 0.4) is 0 Å². The number of carbonyl (C=O) groups excluding carboxylic acids is 1. The van der Waals surface area contributed by atoms with Crippen LogP contribution in [-0.4, -0.2) is 17.5 Å². The van der Waals surface area contributed by atoms with Crippen molar-refractivity contribution < 1.29 is 18.7 Å². The lowest BCUT2D eigenvalue weighted by Gasteiger charge is -2.10. The van der Waals surface area contributed by atoms with Crippen LogP contribution in [0.5, 0.6) is 11.5 Å². The quantitative estimate of drug-likeness (QED) is 0.699. The van der Waals surface area contributed by atoms with Crippen molar-refractivity contribution in [1.82, 2.24) is 4.98 Å². The number of para-hydroxylation sites is 2. The van der Waals surface area contributed by atoms with Gasteiger partial charge in [0, 0.05) is 4.88 Å². The molecule has 0 saturated heterocycles. The number of rotatable bonds is 7. The fourth-order valence-electron chi connectivity index (χ4n) is 2.20. The Labute approximate surface area is 149 Å². The second kappa shape index (κ2) is 7.40. The van der Waals surface area contributed by atoms with Gasteiger partial charge in [-0.2, -0.15) is 0 Å². The first-order chi connectivity index (χ1) is 12.0. The highest BCUT2D eigenvalue weighted by atomic mass is 32.1. The summed E-state index contributed by atoms with van der Waals surface area (Å²) < 4.78 is 16.9. The summed E-state index contributed by atoms with van der Waals surface area (Å²) in [6, 6.07) is 11.1. The monoisotopic (exact) mass is 358 g/mol. The first kappa shape index (κ1) is 17.0. The van der Waals surface area contributed by atoms with Gasteiger partial charge in [0.1, 0.15) is 18.1 Å². The van der Waals surface area contributed by atoms with Crippen LogP contribution in [-0.2, 0) is 11.4 Å². The van der Waals surface area contributed by atoms with Crippen LogP contribution in [0, 0.1) is 13.8 Å². The first-order valence-electron chi connectivity index (χ1n) is 7.69. The lowest BCUT2D eigenvalue weighted by Crippen LogP contribution is -2.20. The van der Waals surface area contributed by atoms with Gasteiger partial charge in [-0.05, 0) is 38.1 Å².